The smallest absolute Gasteiger partial charge is 0.0954 e. The molecule has 1 atom stereocenters. The Bertz CT molecular complexity index is 299. The van der Waals surface area contributed by atoms with Crippen molar-refractivity contribution in [2.45, 2.75) is 52.1 Å². The van der Waals surface area contributed by atoms with Gasteiger partial charge in [0.25, 0.3) is 0 Å². The van der Waals surface area contributed by atoms with Crippen LogP contribution in [0.3, 0.4) is 0 Å². The predicted molar refractivity (Wildman–Crippen MR) is 68.8 cm³/mol. The Kier molecular flexibility index (Phi) is 5.95. The van der Waals surface area contributed by atoms with Crippen LogP contribution in [-0.4, -0.2) is 22.7 Å². The summed E-state index contributed by atoms with van der Waals surface area (Å²) in [6, 6.07) is 0.441. The first kappa shape index (κ1) is 13.6. The van der Waals surface area contributed by atoms with Gasteiger partial charge in [0.15, 0.2) is 0 Å². The van der Waals surface area contributed by atoms with E-state index in [0.717, 1.165) is 25.1 Å². The summed E-state index contributed by atoms with van der Waals surface area (Å²) in [5.41, 5.74) is 1.13. The maximum absolute atomic E-state index is 8.73. The third-order valence-electron chi connectivity index (χ3n) is 2.49. The van der Waals surface area contributed by atoms with Gasteiger partial charge in [0, 0.05) is 30.5 Å². The van der Waals surface area contributed by atoms with Crippen LogP contribution >= 0.6 is 11.3 Å². The Hall–Kier alpha value is -0.450. The van der Waals surface area contributed by atoms with Gasteiger partial charge in [0.2, 0.25) is 0 Å². The normalized spacial score (nSPS) is 13.3. The average Bonchev–Trinajstić information content (AvgIpc) is 2.72. The molecular weight excluding hydrogens is 220 g/mol. The molecule has 4 heteroatoms. The van der Waals surface area contributed by atoms with E-state index in [-0.39, 0.29) is 6.61 Å². The number of thiazole rings is 1. The molecule has 2 N–H and O–H groups in total. The van der Waals surface area contributed by atoms with E-state index in [1.54, 1.807) is 11.3 Å². The maximum Gasteiger partial charge on any atom is 0.0954 e. The zero-order valence-electron chi connectivity index (χ0n) is 10.4. The molecule has 92 valence electrons. The van der Waals surface area contributed by atoms with Gasteiger partial charge in [-0.3, -0.25) is 0 Å². The van der Waals surface area contributed by atoms with E-state index in [1.807, 2.05) is 0 Å². The van der Waals surface area contributed by atoms with Crippen LogP contribution in [0.25, 0.3) is 0 Å². The lowest BCUT2D eigenvalue weighted by Gasteiger charge is -2.11. The van der Waals surface area contributed by atoms with Gasteiger partial charge in [-0.05, 0) is 19.8 Å². The molecular formula is C12H22N2OS. The molecule has 3 nitrogen and oxygen atoms in total. The Morgan fingerprint density at radius 2 is 2.19 bits per heavy atom. The van der Waals surface area contributed by atoms with Crippen LogP contribution in [-0.2, 0) is 6.54 Å². The van der Waals surface area contributed by atoms with Gasteiger partial charge in [-0.25, -0.2) is 4.98 Å². The summed E-state index contributed by atoms with van der Waals surface area (Å²) >= 11 is 1.74. The summed E-state index contributed by atoms with van der Waals surface area (Å²) < 4.78 is 0. The summed E-state index contributed by atoms with van der Waals surface area (Å²) in [5, 5.41) is 15.5. The number of aliphatic hydroxyl groups excluding tert-OH is 1. The second kappa shape index (κ2) is 6.99. The van der Waals surface area contributed by atoms with Crippen molar-refractivity contribution in [2.24, 2.45) is 0 Å². The molecule has 0 saturated carbocycles. The highest BCUT2D eigenvalue weighted by Crippen LogP contribution is 2.19. The number of hydrogen-bond donors (Lipinski definition) is 2. The fraction of sp³-hybridized carbons (Fsp3) is 0.750. The van der Waals surface area contributed by atoms with Crippen LogP contribution in [0.15, 0.2) is 5.38 Å². The third kappa shape index (κ3) is 4.60. The summed E-state index contributed by atoms with van der Waals surface area (Å²) in [5.74, 6) is 0.519. The van der Waals surface area contributed by atoms with E-state index in [4.69, 9.17) is 5.11 Å². The summed E-state index contributed by atoms with van der Waals surface area (Å²) in [4.78, 5) is 4.57. The van der Waals surface area contributed by atoms with Crippen molar-refractivity contribution in [1.82, 2.24) is 10.3 Å². The number of aromatic nitrogens is 1. The van der Waals surface area contributed by atoms with E-state index >= 15 is 0 Å². The van der Waals surface area contributed by atoms with Crippen molar-refractivity contribution in [3.05, 3.63) is 16.1 Å². The Balaban J connectivity index is 2.31. The lowest BCUT2D eigenvalue weighted by atomic mass is 10.2. The van der Waals surface area contributed by atoms with Crippen LogP contribution in [0.2, 0.25) is 0 Å². The molecule has 1 heterocycles. The molecule has 0 amide bonds. The van der Waals surface area contributed by atoms with E-state index in [9.17, 15) is 0 Å². The van der Waals surface area contributed by atoms with Crippen molar-refractivity contribution in [3.8, 4) is 0 Å². The fourth-order valence-electron chi connectivity index (χ4n) is 1.45. The third-order valence-corrected chi connectivity index (χ3v) is 3.68. The SMILES string of the molecule is CC(CCCO)NCc1csc(C(C)C)n1. The van der Waals surface area contributed by atoms with E-state index in [2.05, 4.69) is 36.5 Å². The maximum atomic E-state index is 8.73. The standard InChI is InChI=1S/C12H22N2OS/c1-9(2)12-14-11(8-16-12)7-13-10(3)5-4-6-15/h8-10,13,15H,4-7H2,1-3H3. The zero-order valence-corrected chi connectivity index (χ0v) is 11.2. The highest BCUT2D eigenvalue weighted by Gasteiger charge is 2.06. The van der Waals surface area contributed by atoms with Crippen LogP contribution in [0, 0.1) is 0 Å². The predicted octanol–water partition coefficient (Wildman–Crippen LogP) is 2.52. The zero-order chi connectivity index (χ0) is 12.0. The van der Waals surface area contributed by atoms with Gasteiger partial charge >= 0.3 is 0 Å². The van der Waals surface area contributed by atoms with E-state index in [1.165, 1.54) is 5.01 Å². The first-order valence-corrected chi connectivity index (χ1v) is 6.80. The number of nitrogens with one attached hydrogen (secondary N) is 1. The van der Waals surface area contributed by atoms with Crippen LogP contribution in [0.5, 0.6) is 0 Å². The Morgan fingerprint density at radius 1 is 1.44 bits per heavy atom. The molecule has 1 rings (SSSR count). The summed E-state index contributed by atoms with van der Waals surface area (Å²) in [7, 11) is 0. The molecule has 1 unspecified atom stereocenters. The van der Waals surface area contributed by atoms with Crippen LogP contribution in [0.1, 0.15) is 50.2 Å². The van der Waals surface area contributed by atoms with Crippen molar-refractivity contribution < 1.29 is 5.11 Å². The highest BCUT2D eigenvalue weighted by atomic mass is 32.1. The Morgan fingerprint density at radius 3 is 2.75 bits per heavy atom. The molecule has 0 aromatic carbocycles. The Labute approximate surface area is 102 Å². The topological polar surface area (TPSA) is 45.1 Å². The monoisotopic (exact) mass is 242 g/mol. The molecule has 0 spiro atoms. The van der Waals surface area contributed by atoms with Gasteiger partial charge in [-0.2, -0.15) is 0 Å². The van der Waals surface area contributed by atoms with Crippen LogP contribution < -0.4 is 5.32 Å². The molecule has 0 saturated heterocycles. The molecule has 0 bridgehead atoms. The number of hydrogen-bond acceptors (Lipinski definition) is 4. The second-order valence-electron chi connectivity index (χ2n) is 4.48. The van der Waals surface area contributed by atoms with E-state index in [0.29, 0.717) is 12.0 Å². The van der Waals surface area contributed by atoms with Crippen molar-refractivity contribution in [2.75, 3.05) is 6.61 Å². The van der Waals surface area contributed by atoms with Gasteiger partial charge in [-0.1, -0.05) is 13.8 Å². The van der Waals surface area contributed by atoms with Gasteiger partial charge in [0.1, 0.15) is 0 Å². The quantitative estimate of drug-likeness (QED) is 0.772. The van der Waals surface area contributed by atoms with Crippen LogP contribution in [0.4, 0.5) is 0 Å². The molecule has 0 fully saturated rings. The average molecular weight is 242 g/mol. The molecule has 0 aliphatic carbocycles. The van der Waals surface area contributed by atoms with Crippen molar-refractivity contribution in [1.29, 1.82) is 0 Å². The van der Waals surface area contributed by atoms with E-state index < -0.39 is 0 Å². The second-order valence-corrected chi connectivity index (χ2v) is 5.37. The lowest BCUT2D eigenvalue weighted by molar-refractivity contribution is 0.276. The summed E-state index contributed by atoms with van der Waals surface area (Å²) in [6.45, 7) is 7.58. The molecule has 1 aromatic heterocycles. The molecule has 0 aliphatic heterocycles. The van der Waals surface area contributed by atoms with Gasteiger partial charge in [0.05, 0.1) is 10.7 Å². The summed E-state index contributed by atoms with van der Waals surface area (Å²) in [6.07, 6.45) is 1.88. The van der Waals surface area contributed by atoms with Gasteiger partial charge in [-0.15, -0.1) is 11.3 Å². The minimum Gasteiger partial charge on any atom is -0.396 e. The molecule has 16 heavy (non-hydrogen) atoms. The number of nitrogens with zero attached hydrogens (tertiary/aromatic N) is 1. The number of rotatable bonds is 7. The van der Waals surface area contributed by atoms with Crippen molar-refractivity contribution in [3.63, 3.8) is 0 Å². The molecule has 0 aliphatic rings. The first-order chi connectivity index (χ1) is 7.63. The fourth-order valence-corrected chi connectivity index (χ4v) is 2.28. The minimum absolute atomic E-state index is 0.278. The molecule has 0 radical (unpaired) electrons. The molecule has 1 aromatic rings. The number of aliphatic hydroxyl groups is 1. The van der Waals surface area contributed by atoms with Crippen molar-refractivity contribution >= 4 is 11.3 Å². The lowest BCUT2D eigenvalue weighted by Crippen LogP contribution is -2.25. The minimum atomic E-state index is 0.278. The highest BCUT2D eigenvalue weighted by molar-refractivity contribution is 7.09. The first-order valence-electron chi connectivity index (χ1n) is 5.92. The largest absolute Gasteiger partial charge is 0.396 e. The van der Waals surface area contributed by atoms with Gasteiger partial charge < -0.3 is 10.4 Å².